The number of hydrogen-bond donors (Lipinski definition) is 2. The molecule has 0 aliphatic heterocycles. The van der Waals surface area contributed by atoms with Crippen LogP contribution in [0.3, 0.4) is 0 Å². The Kier molecular flexibility index (Phi) is 22.1. The number of hydrogen-bond acceptors (Lipinski definition) is 3. The van der Waals surface area contributed by atoms with Gasteiger partial charge in [0.05, 0.1) is 0 Å². The van der Waals surface area contributed by atoms with Crippen LogP contribution in [0.2, 0.25) is 0 Å². The molecule has 5 heteroatoms. The Morgan fingerprint density at radius 1 is 0.800 bits per heavy atom. The fourth-order valence-corrected chi connectivity index (χ4v) is 0.313. The third kappa shape index (κ3) is 11.6. The molecule has 0 N–H and O–H groups in total. The van der Waals surface area contributed by atoms with Crippen LogP contribution in [0.1, 0.15) is 0 Å². The molecule has 0 saturated carbocycles. The molecule has 1 rings (SSSR count). The van der Waals surface area contributed by atoms with Gasteiger partial charge in [-0.25, -0.2) is 0 Å². The van der Waals surface area contributed by atoms with Crippen molar-refractivity contribution in [1.29, 1.82) is 0 Å². The van der Waals surface area contributed by atoms with E-state index in [2.05, 4.69) is 56.4 Å². The van der Waals surface area contributed by atoms with Gasteiger partial charge in [-0.2, -0.15) is 0 Å². The Labute approximate surface area is 86.6 Å². The minimum absolute atomic E-state index is 1.75. The molecule has 1 heterocycles. The van der Waals surface area contributed by atoms with Crippen molar-refractivity contribution in [2.75, 3.05) is 0 Å². The van der Waals surface area contributed by atoms with E-state index in [1.54, 1.807) is 12.4 Å². The summed E-state index contributed by atoms with van der Waals surface area (Å²) in [5.41, 5.74) is 0. The monoisotopic (exact) mass is 263 g/mol. The molecule has 0 fully saturated rings. The first-order valence-corrected chi connectivity index (χ1v) is 5.54. The molecule has 0 radical (unpaired) electrons. The van der Waals surface area contributed by atoms with Crippen molar-refractivity contribution >= 4 is 22.2 Å². The van der Waals surface area contributed by atoms with Crippen molar-refractivity contribution in [2.24, 2.45) is 0 Å². The van der Waals surface area contributed by atoms with Crippen molar-refractivity contribution in [3.05, 3.63) is 30.6 Å². The van der Waals surface area contributed by atoms with Crippen LogP contribution < -0.4 is 0 Å². The molecule has 0 saturated heterocycles. The zero-order valence-electron chi connectivity index (χ0n) is 4.90. The Bertz CT molecular complexity index is 89.6. The fourth-order valence-electron chi connectivity index (χ4n) is 0.313. The van der Waals surface area contributed by atoms with Gasteiger partial charge in [0.15, 0.2) is 0 Å². The zero-order chi connectivity index (χ0) is 8.24. The molecule has 0 amide bonds. The summed E-state index contributed by atoms with van der Waals surface area (Å²) >= 11 is 12.9. The molecule has 1 nitrogen and oxygen atoms in total. The summed E-state index contributed by atoms with van der Waals surface area (Å²) in [4.78, 5) is 3.78. The maximum absolute atomic E-state index is 3.78. The van der Waals surface area contributed by atoms with Gasteiger partial charge < -0.3 is 0 Å². The van der Waals surface area contributed by atoms with Crippen molar-refractivity contribution < 1.29 is 29.3 Å². The quantitative estimate of drug-likeness (QED) is 0.681. The summed E-state index contributed by atoms with van der Waals surface area (Å²) in [5, 5.41) is 0. The van der Waals surface area contributed by atoms with Gasteiger partial charge in [-0.1, -0.05) is 6.07 Å². The van der Waals surface area contributed by atoms with Gasteiger partial charge in [0.25, 0.3) is 0 Å². The minimum Gasteiger partial charge on any atom is -0.265 e. The minimum atomic E-state index is 1.75. The summed E-state index contributed by atoms with van der Waals surface area (Å²) in [6, 6.07) is 5.72. The van der Waals surface area contributed by atoms with Crippen LogP contribution >= 0.6 is 22.2 Å². The number of rotatable bonds is 0. The third-order valence-corrected chi connectivity index (χ3v) is 0.566. The largest absolute Gasteiger partial charge is 0.265 e. The fraction of sp³-hybridized carbons (Fsp3) is 0. The molecule has 1 aromatic rings. The van der Waals surface area contributed by atoms with E-state index >= 15 is 0 Å². The summed E-state index contributed by atoms with van der Waals surface area (Å²) < 4.78 is 0. The van der Waals surface area contributed by atoms with E-state index in [1.165, 1.54) is 0 Å². The van der Waals surface area contributed by atoms with E-state index in [0.29, 0.717) is 0 Å². The first-order valence-electron chi connectivity index (χ1n) is 2.15. The zero-order valence-corrected chi connectivity index (χ0v) is 8.77. The number of aromatic nitrogens is 1. The molecule has 1 aromatic heterocycles. The number of pyridine rings is 1. The summed E-state index contributed by atoms with van der Waals surface area (Å²) in [6.07, 6.45) is 3.50. The van der Waals surface area contributed by atoms with Gasteiger partial charge in [0.2, 0.25) is 0 Å². The normalized spacial score (nSPS) is 6.20. The maximum Gasteiger partial charge on any atom is 0.0267 e. The van der Waals surface area contributed by atoms with Gasteiger partial charge in [-0.05, 0) is 12.1 Å². The SMILES string of the molecule is [SH][Co].[SH][Co].c1ccncc1. The number of thiol groups is 2. The Morgan fingerprint density at radius 3 is 1.30 bits per heavy atom. The standard InChI is InChI=1S/C5H5N.2Co.2H2S/c1-2-4-6-5-3-1;;;;/h1-5H;;;2*1H2/q;2*+1;;/p-2. The molecule has 0 unspecified atom stereocenters. The molecular weight excluding hydrogens is 256 g/mol. The van der Waals surface area contributed by atoms with Gasteiger partial charge in [-0.3, -0.25) is 4.98 Å². The van der Waals surface area contributed by atoms with Crippen molar-refractivity contribution in [1.82, 2.24) is 4.98 Å². The predicted molar refractivity (Wildman–Crippen MR) is 42.2 cm³/mol. The van der Waals surface area contributed by atoms with Gasteiger partial charge in [0, 0.05) is 12.4 Å². The second kappa shape index (κ2) is 16.4. The van der Waals surface area contributed by atoms with Crippen molar-refractivity contribution in [3.63, 3.8) is 0 Å². The molecule has 0 aliphatic rings. The summed E-state index contributed by atoms with van der Waals surface area (Å²) in [7, 11) is 0. The van der Waals surface area contributed by atoms with Gasteiger partial charge in [-0.15, -0.1) is 0 Å². The smallest absolute Gasteiger partial charge is 0.0267 e. The van der Waals surface area contributed by atoms with Crippen LogP contribution in [0, 0.1) is 0 Å². The topological polar surface area (TPSA) is 12.9 Å². The maximum atomic E-state index is 3.78. The molecular formula is C5H7Co2NS2. The average Bonchev–Trinajstić information content (AvgIpc) is 2.14. The van der Waals surface area contributed by atoms with Gasteiger partial charge in [0.1, 0.15) is 0 Å². The first-order chi connectivity index (χ1) is 5.00. The average molecular weight is 263 g/mol. The summed E-state index contributed by atoms with van der Waals surface area (Å²) in [5.74, 6) is 0. The van der Waals surface area contributed by atoms with Crippen LogP contribution in [0.4, 0.5) is 0 Å². The molecule has 0 bridgehead atoms. The van der Waals surface area contributed by atoms with Crippen LogP contribution in [0.5, 0.6) is 0 Å². The van der Waals surface area contributed by atoms with Crippen LogP contribution in [-0.2, 0) is 29.3 Å². The Hall–Kier alpha value is 0.863. The van der Waals surface area contributed by atoms with Crippen LogP contribution in [0.15, 0.2) is 30.6 Å². The van der Waals surface area contributed by atoms with Crippen LogP contribution in [0.25, 0.3) is 0 Å². The van der Waals surface area contributed by atoms with E-state index < -0.39 is 0 Å². The van der Waals surface area contributed by atoms with E-state index in [9.17, 15) is 0 Å². The predicted octanol–water partition coefficient (Wildman–Crippen LogP) is 1.84. The Morgan fingerprint density at radius 2 is 1.20 bits per heavy atom. The van der Waals surface area contributed by atoms with E-state index in [4.69, 9.17) is 0 Å². The second-order valence-electron chi connectivity index (χ2n) is 1.02. The molecule has 0 aromatic carbocycles. The van der Waals surface area contributed by atoms with E-state index in [-0.39, 0.29) is 0 Å². The van der Waals surface area contributed by atoms with Gasteiger partial charge >= 0.3 is 51.5 Å². The van der Waals surface area contributed by atoms with Crippen molar-refractivity contribution in [2.45, 2.75) is 0 Å². The molecule has 0 aliphatic carbocycles. The molecule has 10 heavy (non-hydrogen) atoms. The summed E-state index contributed by atoms with van der Waals surface area (Å²) in [6.45, 7) is 0. The molecule has 62 valence electrons. The van der Waals surface area contributed by atoms with Crippen molar-refractivity contribution in [3.8, 4) is 0 Å². The second-order valence-corrected chi connectivity index (χ2v) is 1.02. The van der Waals surface area contributed by atoms with E-state index in [1.807, 2.05) is 18.2 Å². The third-order valence-electron chi connectivity index (χ3n) is 0.566. The van der Waals surface area contributed by atoms with Crippen LogP contribution in [-0.4, -0.2) is 4.98 Å². The molecule has 0 atom stereocenters. The van der Waals surface area contributed by atoms with E-state index in [0.717, 1.165) is 0 Å². The Balaban J connectivity index is 0. The number of nitrogens with zero attached hydrogens (tertiary/aromatic N) is 1. The first kappa shape index (κ1) is 13.5. The molecule has 0 spiro atoms.